The van der Waals surface area contributed by atoms with Crippen LogP contribution in [0.25, 0.3) is 10.8 Å². The third-order valence-electron chi connectivity index (χ3n) is 4.14. The number of esters is 1. The van der Waals surface area contributed by atoms with E-state index in [1.807, 2.05) is 24.3 Å². The lowest BCUT2D eigenvalue weighted by molar-refractivity contribution is -0.124. The van der Waals surface area contributed by atoms with Gasteiger partial charge in [0.1, 0.15) is 11.3 Å². The van der Waals surface area contributed by atoms with Crippen LogP contribution in [0.3, 0.4) is 0 Å². The molecule has 1 aliphatic carbocycles. The van der Waals surface area contributed by atoms with E-state index in [1.165, 1.54) is 6.07 Å². The molecule has 5 heteroatoms. The van der Waals surface area contributed by atoms with Crippen LogP contribution in [0.1, 0.15) is 36.0 Å². The van der Waals surface area contributed by atoms with Gasteiger partial charge in [0.15, 0.2) is 6.61 Å². The molecule has 0 unspecified atom stereocenters. The van der Waals surface area contributed by atoms with Gasteiger partial charge in [0.2, 0.25) is 0 Å². The SMILES string of the molecule is O=C(COC(=O)c1cc2ccccc2cc1O)NC1CCCC1. The zero-order chi connectivity index (χ0) is 16.2. The zero-order valence-corrected chi connectivity index (χ0v) is 12.7. The summed E-state index contributed by atoms with van der Waals surface area (Å²) in [6.07, 6.45) is 4.20. The highest BCUT2D eigenvalue weighted by molar-refractivity contribution is 5.99. The van der Waals surface area contributed by atoms with Gasteiger partial charge in [0, 0.05) is 6.04 Å². The van der Waals surface area contributed by atoms with Gasteiger partial charge < -0.3 is 15.2 Å². The molecule has 0 atom stereocenters. The monoisotopic (exact) mass is 313 g/mol. The molecule has 1 aliphatic rings. The van der Waals surface area contributed by atoms with Crippen molar-refractivity contribution in [3.63, 3.8) is 0 Å². The van der Waals surface area contributed by atoms with Crippen LogP contribution in [0, 0.1) is 0 Å². The molecule has 2 N–H and O–H groups in total. The van der Waals surface area contributed by atoms with E-state index in [4.69, 9.17) is 4.74 Å². The van der Waals surface area contributed by atoms with Gasteiger partial charge >= 0.3 is 5.97 Å². The summed E-state index contributed by atoms with van der Waals surface area (Å²) >= 11 is 0. The minimum absolute atomic E-state index is 0.0670. The highest BCUT2D eigenvalue weighted by Gasteiger charge is 2.19. The molecule has 0 aliphatic heterocycles. The predicted octanol–water partition coefficient (Wildman–Crippen LogP) is 2.76. The molecule has 1 fully saturated rings. The second kappa shape index (κ2) is 6.69. The number of hydrogen-bond donors (Lipinski definition) is 2. The normalized spacial score (nSPS) is 14.8. The first-order valence-corrected chi connectivity index (χ1v) is 7.82. The highest BCUT2D eigenvalue weighted by Crippen LogP contribution is 2.25. The Hall–Kier alpha value is -2.56. The summed E-state index contributed by atoms with van der Waals surface area (Å²) in [6.45, 7) is -0.332. The van der Waals surface area contributed by atoms with Crippen molar-refractivity contribution in [2.24, 2.45) is 0 Å². The maximum atomic E-state index is 12.1. The standard InChI is InChI=1S/C18H19NO4/c20-16-10-13-6-2-1-5-12(13)9-15(16)18(22)23-11-17(21)19-14-7-3-4-8-14/h1-2,5-6,9-10,14,20H,3-4,7-8,11H2,(H,19,21). The molecule has 2 aromatic rings. The van der Waals surface area contributed by atoms with E-state index in [2.05, 4.69) is 5.32 Å². The fourth-order valence-electron chi connectivity index (χ4n) is 2.94. The molecule has 0 radical (unpaired) electrons. The molecule has 0 aromatic heterocycles. The molecule has 5 nitrogen and oxygen atoms in total. The van der Waals surface area contributed by atoms with Gasteiger partial charge in [-0.15, -0.1) is 0 Å². The van der Waals surface area contributed by atoms with Crippen molar-refractivity contribution in [1.29, 1.82) is 0 Å². The van der Waals surface area contributed by atoms with E-state index >= 15 is 0 Å². The highest BCUT2D eigenvalue weighted by atomic mass is 16.5. The Kier molecular flexibility index (Phi) is 4.46. The number of rotatable bonds is 4. The molecule has 0 spiro atoms. The Labute approximate surface area is 134 Å². The number of benzene rings is 2. The van der Waals surface area contributed by atoms with Crippen LogP contribution in [0.5, 0.6) is 5.75 Å². The Morgan fingerprint density at radius 1 is 1.13 bits per heavy atom. The van der Waals surface area contributed by atoms with Gasteiger partial charge in [-0.05, 0) is 35.7 Å². The number of fused-ring (bicyclic) bond motifs is 1. The molecule has 1 saturated carbocycles. The molecule has 120 valence electrons. The van der Waals surface area contributed by atoms with E-state index in [-0.39, 0.29) is 29.9 Å². The Morgan fingerprint density at radius 3 is 2.48 bits per heavy atom. The molecule has 0 saturated heterocycles. The number of ether oxygens (including phenoxy) is 1. The molecule has 0 bridgehead atoms. The van der Waals surface area contributed by atoms with Gasteiger partial charge in [0.25, 0.3) is 5.91 Å². The van der Waals surface area contributed by atoms with Crippen molar-refractivity contribution in [2.45, 2.75) is 31.7 Å². The first-order valence-electron chi connectivity index (χ1n) is 7.82. The zero-order valence-electron chi connectivity index (χ0n) is 12.7. The van der Waals surface area contributed by atoms with Crippen LogP contribution in [0.15, 0.2) is 36.4 Å². The fraction of sp³-hybridized carbons (Fsp3) is 0.333. The van der Waals surface area contributed by atoms with Crippen LogP contribution in [0.4, 0.5) is 0 Å². The van der Waals surface area contributed by atoms with E-state index in [0.29, 0.717) is 0 Å². The molecule has 1 amide bonds. The summed E-state index contributed by atoms with van der Waals surface area (Å²) in [7, 11) is 0. The summed E-state index contributed by atoms with van der Waals surface area (Å²) in [5.41, 5.74) is 0.0670. The quantitative estimate of drug-likeness (QED) is 0.851. The van der Waals surface area contributed by atoms with Crippen molar-refractivity contribution in [1.82, 2.24) is 5.32 Å². The number of carbonyl (C=O) groups excluding carboxylic acids is 2. The summed E-state index contributed by atoms with van der Waals surface area (Å²) in [5.74, 6) is -1.15. The average molecular weight is 313 g/mol. The number of amides is 1. The molecule has 3 rings (SSSR count). The van der Waals surface area contributed by atoms with Gasteiger partial charge in [-0.1, -0.05) is 37.1 Å². The van der Waals surface area contributed by atoms with Crippen LogP contribution in [0.2, 0.25) is 0 Å². The maximum absolute atomic E-state index is 12.1. The molecule has 0 heterocycles. The van der Waals surface area contributed by atoms with Gasteiger partial charge in [0.05, 0.1) is 0 Å². The fourth-order valence-corrected chi connectivity index (χ4v) is 2.94. The van der Waals surface area contributed by atoms with E-state index in [1.54, 1.807) is 6.07 Å². The molecular formula is C18H19NO4. The second-order valence-corrected chi connectivity index (χ2v) is 5.84. The summed E-state index contributed by atoms with van der Waals surface area (Å²) in [4.78, 5) is 23.9. The van der Waals surface area contributed by atoms with Crippen LogP contribution < -0.4 is 5.32 Å². The van der Waals surface area contributed by atoms with Gasteiger partial charge in [-0.2, -0.15) is 0 Å². The molecule has 2 aromatic carbocycles. The van der Waals surface area contributed by atoms with E-state index < -0.39 is 5.97 Å². The van der Waals surface area contributed by atoms with Crippen LogP contribution >= 0.6 is 0 Å². The second-order valence-electron chi connectivity index (χ2n) is 5.84. The summed E-state index contributed by atoms with van der Waals surface area (Å²) in [6, 6.07) is 10.7. The lowest BCUT2D eigenvalue weighted by Gasteiger charge is -2.12. The third-order valence-corrected chi connectivity index (χ3v) is 4.14. The van der Waals surface area contributed by atoms with Gasteiger partial charge in [-0.3, -0.25) is 4.79 Å². The van der Waals surface area contributed by atoms with Crippen molar-refractivity contribution in [3.8, 4) is 5.75 Å². The Bertz CT molecular complexity index is 735. The number of carbonyl (C=O) groups is 2. The number of aromatic hydroxyl groups is 1. The Morgan fingerprint density at radius 2 is 1.78 bits per heavy atom. The minimum Gasteiger partial charge on any atom is -0.507 e. The van der Waals surface area contributed by atoms with Crippen molar-refractivity contribution >= 4 is 22.6 Å². The number of nitrogens with one attached hydrogen (secondary N) is 1. The summed E-state index contributed by atoms with van der Waals surface area (Å²) < 4.78 is 5.02. The minimum atomic E-state index is -0.699. The smallest absolute Gasteiger partial charge is 0.342 e. The topological polar surface area (TPSA) is 75.6 Å². The third kappa shape index (κ3) is 3.62. The molecule has 23 heavy (non-hydrogen) atoms. The van der Waals surface area contributed by atoms with Crippen LogP contribution in [-0.2, 0) is 9.53 Å². The number of hydrogen-bond acceptors (Lipinski definition) is 4. The predicted molar refractivity (Wildman–Crippen MR) is 86.3 cm³/mol. The van der Waals surface area contributed by atoms with Crippen LogP contribution in [-0.4, -0.2) is 29.6 Å². The first kappa shape index (κ1) is 15.3. The van der Waals surface area contributed by atoms with E-state index in [0.717, 1.165) is 36.5 Å². The van der Waals surface area contributed by atoms with Crippen molar-refractivity contribution < 1.29 is 19.4 Å². The number of phenolic OH excluding ortho intramolecular Hbond substituents is 1. The summed E-state index contributed by atoms with van der Waals surface area (Å²) in [5, 5.41) is 14.5. The first-order chi connectivity index (χ1) is 11.1. The van der Waals surface area contributed by atoms with E-state index in [9.17, 15) is 14.7 Å². The Balaban J connectivity index is 1.63. The lowest BCUT2D eigenvalue weighted by Crippen LogP contribution is -2.35. The largest absolute Gasteiger partial charge is 0.507 e. The van der Waals surface area contributed by atoms with Crippen molar-refractivity contribution in [3.05, 3.63) is 42.0 Å². The number of phenols is 1. The maximum Gasteiger partial charge on any atom is 0.342 e. The average Bonchev–Trinajstić information content (AvgIpc) is 3.05. The lowest BCUT2D eigenvalue weighted by atomic mass is 10.1. The van der Waals surface area contributed by atoms with Crippen molar-refractivity contribution in [2.75, 3.05) is 6.61 Å². The molecular weight excluding hydrogens is 294 g/mol. The van der Waals surface area contributed by atoms with Gasteiger partial charge in [-0.25, -0.2) is 4.79 Å².